The maximum absolute atomic E-state index is 4.25. The van der Waals surface area contributed by atoms with E-state index in [2.05, 4.69) is 66.6 Å². The molecule has 0 unspecified atom stereocenters. The van der Waals surface area contributed by atoms with Crippen LogP contribution >= 0.6 is 0 Å². The van der Waals surface area contributed by atoms with Crippen molar-refractivity contribution in [2.24, 2.45) is 5.92 Å². The van der Waals surface area contributed by atoms with E-state index in [4.69, 9.17) is 0 Å². The zero-order valence-corrected chi connectivity index (χ0v) is 10.6. The lowest BCUT2D eigenvalue weighted by Gasteiger charge is -2.02. The molecule has 0 aliphatic rings. The van der Waals surface area contributed by atoms with Crippen LogP contribution in [0.5, 0.6) is 0 Å². The van der Waals surface area contributed by atoms with E-state index in [-0.39, 0.29) is 0 Å². The molecule has 0 spiro atoms. The molecule has 3 nitrogen and oxygen atoms in total. The molecule has 0 saturated heterocycles. The Bertz CT molecular complexity index is 468. The summed E-state index contributed by atoms with van der Waals surface area (Å²) in [7, 11) is 0. The minimum atomic E-state index is 0.641. The van der Waals surface area contributed by atoms with E-state index in [0.29, 0.717) is 5.92 Å². The Balaban J connectivity index is 2.03. The van der Waals surface area contributed by atoms with Crippen LogP contribution in [0.15, 0.2) is 30.3 Å². The Morgan fingerprint density at radius 2 is 1.94 bits per heavy atom. The van der Waals surface area contributed by atoms with Gasteiger partial charge in [-0.15, -0.1) is 0 Å². The fourth-order valence-electron chi connectivity index (χ4n) is 1.75. The van der Waals surface area contributed by atoms with Crippen molar-refractivity contribution in [2.75, 3.05) is 5.32 Å². The van der Waals surface area contributed by atoms with Gasteiger partial charge in [0.05, 0.1) is 0 Å². The number of aromatic amines is 1. The summed E-state index contributed by atoms with van der Waals surface area (Å²) in [6, 6.07) is 10.4. The first kappa shape index (κ1) is 11.7. The van der Waals surface area contributed by atoms with Crippen molar-refractivity contribution in [3.05, 3.63) is 41.6 Å². The van der Waals surface area contributed by atoms with Crippen LogP contribution < -0.4 is 5.32 Å². The highest BCUT2D eigenvalue weighted by Gasteiger charge is 2.03. The zero-order chi connectivity index (χ0) is 12.3. The third-order valence-corrected chi connectivity index (χ3v) is 2.58. The van der Waals surface area contributed by atoms with E-state index in [1.807, 2.05) is 0 Å². The van der Waals surface area contributed by atoms with Gasteiger partial charge >= 0.3 is 0 Å². The number of nitrogens with zero attached hydrogens (tertiary/aromatic N) is 1. The van der Waals surface area contributed by atoms with E-state index in [1.54, 1.807) is 0 Å². The van der Waals surface area contributed by atoms with E-state index in [1.165, 1.54) is 11.3 Å². The number of hydrogen-bond donors (Lipinski definition) is 2. The number of aromatic nitrogens is 2. The van der Waals surface area contributed by atoms with Gasteiger partial charge in [-0.1, -0.05) is 31.5 Å². The fraction of sp³-hybridized carbons (Fsp3) is 0.357. The van der Waals surface area contributed by atoms with Crippen LogP contribution in [0.4, 0.5) is 11.5 Å². The Kier molecular flexibility index (Phi) is 3.47. The zero-order valence-electron chi connectivity index (χ0n) is 10.6. The van der Waals surface area contributed by atoms with E-state index >= 15 is 0 Å². The van der Waals surface area contributed by atoms with Crippen LogP contribution in [0.3, 0.4) is 0 Å². The average molecular weight is 229 g/mol. The molecule has 0 radical (unpaired) electrons. The van der Waals surface area contributed by atoms with Gasteiger partial charge in [0, 0.05) is 17.4 Å². The van der Waals surface area contributed by atoms with E-state index < -0.39 is 0 Å². The van der Waals surface area contributed by atoms with Crippen LogP contribution in [0.25, 0.3) is 0 Å². The van der Waals surface area contributed by atoms with Gasteiger partial charge in [0.2, 0.25) is 0 Å². The highest BCUT2D eigenvalue weighted by Crippen LogP contribution is 2.16. The third-order valence-electron chi connectivity index (χ3n) is 2.58. The number of hydrogen-bond acceptors (Lipinski definition) is 2. The number of H-pyrrole nitrogens is 1. The van der Waals surface area contributed by atoms with Crippen LogP contribution in [-0.4, -0.2) is 10.2 Å². The van der Waals surface area contributed by atoms with Gasteiger partial charge in [0.25, 0.3) is 0 Å². The minimum Gasteiger partial charge on any atom is -0.339 e. The largest absolute Gasteiger partial charge is 0.339 e. The van der Waals surface area contributed by atoms with Crippen LogP contribution in [0.2, 0.25) is 0 Å². The molecule has 1 aromatic carbocycles. The van der Waals surface area contributed by atoms with E-state index in [0.717, 1.165) is 17.9 Å². The number of aryl methyl sites for hydroxylation is 1. The third kappa shape index (κ3) is 3.34. The molecule has 0 atom stereocenters. The molecule has 3 heteroatoms. The quantitative estimate of drug-likeness (QED) is 0.840. The summed E-state index contributed by atoms with van der Waals surface area (Å²) < 4.78 is 0. The van der Waals surface area contributed by atoms with Crippen molar-refractivity contribution in [3.63, 3.8) is 0 Å². The van der Waals surface area contributed by atoms with Crippen molar-refractivity contribution < 1.29 is 0 Å². The second kappa shape index (κ2) is 5.04. The molecule has 1 heterocycles. The lowest BCUT2D eigenvalue weighted by atomic mass is 10.1. The molecule has 0 aliphatic carbocycles. The van der Waals surface area contributed by atoms with Gasteiger partial charge in [-0.05, 0) is 31.4 Å². The van der Waals surface area contributed by atoms with Gasteiger partial charge in [-0.2, -0.15) is 5.10 Å². The molecule has 90 valence electrons. The summed E-state index contributed by atoms with van der Waals surface area (Å²) in [6.07, 6.45) is 1.03. The summed E-state index contributed by atoms with van der Waals surface area (Å²) in [6.45, 7) is 6.49. The van der Waals surface area contributed by atoms with E-state index in [9.17, 15) is 0 Å². The second-order valence-corrected chi connectivity index (χ2v) is 4.87. The number of benzene rings is 1. The van der Waals surface area contributed by atoms with Gasteiger partial charge in [-0.3, -0.25) is 5.10 Å². The smallest absolute Gasteiger partial charge is 0.152 e. The number of rotatable bonds is 4. The van der Waals surface area contributed by atoms with Crippen molar-refractivity contribution in [1.82, 2.24) is 10.2 Å². The maximum Gasteiger partial charge on any atom is 0.152 e. The molecule has 1 aromatic heterocycles. The monoisotopic (exact) mass is 229 g/mol. The molecule has 0 aliphatic heterocycles. The first-order valence-corrected chi connectivity index (χ1v) is 6.01. The topological polar surface area (TPSA) is 40.7 Å². The molecule has 0 saturated carbocycles. The lowest BCUT2D eigenvalue weighted by molar-refractivity contribution is 0.633. The summed E-state index contributed by atoms with van der Waals surface area (Å²) in [5, 5.41) is 10.6. The highest BCUT2D eigenvalue weighted by atomic mass is 15.2. The van der Waals surface area contributed by atoms with Gasteiger partial charge in [-0.25, -0.2) is 0 Å². The van der Waals surface area contributed by atoms with Gasteiger partial charge in [0.1, 0.15) is 0 Å². The molecule has 2 rings (SSSR count). The predicted octanol–water partition coefficient (Wildman–Crippen LogP) is 3.66. The molecular formula is C14H19N3. The molecule has 0 bridgehead atoms. The molecule has 17 heavy (non-hydrogen) atoms. The lowest BCUT2D eigenvalue weighted by Crippen LogP contribution is -1.93. The SMILES string of the molecule is Cc1ccc(Nc2cc(CC(C)C)[nH]n2)cc1. The van der Waals surface area contributed by atoms with Gasteiger partial charge < -0.3 is 5.32 Å². The Morgan fingerprint density at radius 3 is 2.59 bits per heavy atom. The molecule has 2 aromatic rings. The number of nitrogens with one attached hydrogen (secondary N) is 2. The summed E-state index contributed by atoms with van der Waals surface area (Å²) in [5.74, 6) is 1.52. The molecule has 0 fully saturated rings. The average Bonchev–Trinajstić information content (AvgIpc) is 2.68. The van der Waals surface area contributed by atoms with Crippen LogP contribution in [-0.2, 0) is 6.42 Å². The van der Waals surface area contributed by atoms with Crippen molar-refractivity contribution >= 4 is 11.5 Å². The Hall–Kier alpha value is -1.77. The van der Waals surface area contributed by atoms with Crippen LogP contribution in [0.1, 0.15) is 25.1 Å². The first-order valence-electron chi connectivity index (χ1n) is 6.01. The van der Waals surface area contributed by atoms with Crippen molar-refractivity contribution in [1.29, 1.82) is 0 Å². The molecule has 2 N–H and O–H groups in total. The number of anilines is 2. The highest BCUT2D eigenvalue weighted by molar-refractivity contribution is 5.56. The first-order chi connectivity index (χ1) is 8.13. The normalized spacial score (nSPS) is 10.8. The van der Waals surface area contributed by atoms with Crippen molar-refractivity contribution in [3.8, 4) is 0 Å². The fourth-order valence-corrected chi connectivity index (χ4v) is 1.75. The summed E-state index contributed by atoms with van der Waals surface area (Å²) in [4.78, 5) is 0. The molecule has 0 amide bonds. The standard InChI is InChI=1S/C14H19N3/c1-10(2)8-13-9-14(17-16-13)15-12-6-4-11(3)5-7-12/h4-7,9-10H,8H2,1-3H3,(H2,15,16,17). The maximum atomic E-state index is 4.25. The summed E-state index contributed by atoms with van der Waals surface area (Å²) >= 11 is 0. The summed E-state index contributed by atoms with van der Waals surface area (Å²) in [5.41, 5.74) is 3.51. The van der Waals surface area contributed by atoms with Gasteiger partial charge in [0.15, 0.2) is 5.82 Å². The minimum absolute atomic E-state index is 0.641. The second-order valence-electron chi connectivity index (χ2n) is 4.87. The molecular weight excluding hydrogens is 210 g/mol. The van der Waals surface area contributed by atoms with Crippen molar-refractivity contribution in [2.45, 2.75) is 27.2 Å². The van der Waals surface area contributed by atoms with Crippen LogP contribution in [0, 0.1) is 12.8 Å². The Morgan fingerprint density at radius 1 is 1.24 bits per heavy atom. The predicted molar refractivity (Wildman–Crippen MR) is 71.6 cm³/mol. The Labute approximate surface area is 102 Å².